The first-order chi connectivity index (χ1) is 6.93. The summed E-state index contributed by atoms with van der Waals surface area (Å²) in [5.41, 5.74) is 4.63. The van der Waals surface area contributed by atoms with Gasteiger partial charge < -0.3 is 4.90 Å². The first-order valence-corrected chi connectivity index (χ1v) is 5.77. The number of anilines is 1. The van der Waals surface area contributed by atoms with E-state index in [1.807, 2.05) is 0 Å². The van der Waals surface area contributed by atoms with E-state index in [1.165, 1.54) is 23.2 Å². The van der Waals surface area contributed by atoms with Gasteiger partial charge in [-0.2, -0.15) is 0 Å². The Kier molecular flexibility index (Phi) is 2.29. The Morgan fingerprint density at radius 3 is 2.67 bits per heavy atom. The maximum absolute atomic E-state index is 2.44. The summed E-state index contributed by atoms with van der Waals surface area (Å²) in [5.74, 6) is 0.672. The number of fused-ring (bicyclic) bond motifs is 1. The minimum atomic E-state index is 0.276. The highest BCUT2D eigenvalue weighted by Gasteiger charge is 2.34. The summed E-state index contributed by atoms with van der Waals surface area (Å²) in [6.45, 7) is 9.22. The van der Waals surface area contributed by atoms with Crippen LogP contribution in [-0.4, -0.2) is 12.6 Å². The number of hydrogen-bond donors (Lipinski definition) is 0. The fourth-order valence-electron chi connectivity index (χ4n) is 2.84. The van der Waals surface area contributed by atoms with E-state index in [0.717, 1.165) is 0 Å². The Labute approximate surface area is 93.1 Å². The topological polar surface area (TPSA) is 3.24 Å². The van der Waals surface area contributed by atoms with Gasteiger partial charge in [0.1, 0.15) is 0 Å². The zero-order valence-corrected chi connectivity index (χ0v) is 10.5. The molecule has 0 aliphatic carbocycles. The van der Waals surface area contributed by atoms with Crippen molar-refractivity contribution in [1.82, 2.24) is 0 Å². The summed E-state index contributed by atoms with van der Waals surface area (Å²) >= 11 is 0. The van der Waals surface area contributed by atoms with Crippen LogP contribution in [0.4, 0.5) is 5.69 Å². The Bertz CT molecular complexity index is 379. The molecule has 1 unspecified atom stereocenters. The van der Waals surface area contributed by atoms with Crippen molar-refractivity contribution in [3.8, 4) is 0 Å². The molecule has 0 spiro atoms. The molecule has 2 rings (SSSR count). The number of benzene rings is 1. The van der Waals surface area contributed by atoms with E-state index >= 15 is 0 Å². The average molecular weight is 203 g/mol. The Morgan fingerprint density at radius 2 is 2.00 bits per heavy atom. The van der Waals surface area contributed by atoms with Crippen molar-refractivity contribution in [1.29, 1.82) is 0 Å². The SMILES string of the molecule is Cc1cccc2c1N(C)C(C)(C)CC2C. The van der Waals surface area contributed by atoms with Gasteiger partial charge in [-0.15, -0.1) is 0 Å². The fourth-order valence-corrected chi connectivity index (χ4v) is 2.84. The second kappa shape index (κ2) is 3.26. The first-order valence-electron chi connectivity index (χ1n) is 5.77. The van der Waals surface area contributed by atoms with Crippen molar-refractivity contribution in [2.45, 2.75) is 45.6 Å². The molecule has 0 saturated heterocycles. The van der Waals surface area contributed by atoms with Crippen LogP contribution in [0.5, 0.6) is 0 Å². The zero-order chi connectivity index (χ0) is 11.2. The van der Waals surface area contributed by atoms with Crippen LogP contribution in [0.3, 0.4) is 0 Å². The molecule has 82 valence electrons. The van der Waals surface area contributed by atoms with Crippen LogP contribution in [0.1, 0.15) is 44.2 Å². The van der Waals surface area contributed by atoms with Gasteiger partial charge in [0.05, 0.1) is 0 Å². The van der Waals surface area contributed by atoms with Gasteiger partial charge >= 0.3 is 0 Å². The molecular weight excluding hydrogens is 182 g/mol. The lowest BCUT2D eigenvalue weighted by molar-refractivity contribution is 0.394. The Balaban J connectivity index is 2.60. The number of rotatable bonds is 0. The van der Waals surface area contributed by atoms with E-state index in [2.05, 4.69) is 57.8 Å². The molecular formula is C14H21N. The van der Waals surface area contributed by atoms with Crippen molar-refractivity contribution in [2.24, 2.45) is 0 Å². The molecule has 1 atom stereocenters. The number of nitrogens with zero attached hydrogens (tertiary/aromatic N) is 1. The predicted molar refractivity (Wildman–Crippen MR) is 66.7 cm³/mol. The maximum Gasteiger partial charge on any atom is 0.0433 e. The summed E-state index contributed by atoms with van der Waals surface area (Å²) in [6.07, 6.45) is 1.24. The van der Waals surface area contributed by atoms with Crippen molar-refractivity contribution in [3.63, 3.8) is 0 Å². The lowest BCUT2D eigenvalue weighted by Gasteiger charge is -2.46. The molecule has 1 nitrogen and oxygen atoms in total. The lowest BCUT2D eigenvalue weighted by atomic mass is 9.79. The van der Waals surface area contributed by atoms with Gasteiger partial charge in [-0.25, -0.2) is 0 Å². The van der Waals surface area contributed by atoms with Gasteiger partial charge in [0.2, 0.25) is 0 Å². The molecule has 1 aromatic rings. The predicted octanol–water partition coefficient (Wildman–Crippen LogP) is 3.72. The van der Waals surface area contributed by atoms with Crippen LogP contribution in [0.2, 0.25) is 0 Å². The fraction of sp³-hybridized carbons (Fsp3) is 0.571. The molecule has 1 aliphatic heterocycles. The number of hydrogen-bond acceptors (Lipinski definition) is 1. The molecule has 0 bridgehead atoms. The van der Waals surface area contributed by atoms with E-state index < -0.39 is 0 Å². The largest absolute Gasteiger partial charge is 0.369 e. The molecule has 1 aromatic carbocycles. The summed E-state index contributed by atoms with van der Waals surface area (Å²) < 4.78 is 0. The third kappa shape index (κ3) is 1.54. The smallest absolute Gasteiger partial charge is 0.0433 e. The number of aryl methyl sites for hydroxylation is 1. The monoisotopic (exact) mass is 203 g/mol. The summed E-state index contributed by atoms with van der Waals surface area (Å²) in [7, 11) is 2.22. The standard InChI is InChI=1S/C14H21N/c1-10-7-6-8-12-11(2)9-14(3,4)15(5)13(10)12/h6-8,11H,9H2,1-5H3. The van der Waals surface area contributed by atoms with E-state index in [1.54, 1.807) is 0 Å². The summed E-state index contributed by atoms with van der Waals surface area (Å²) in [4.78, 5) is 2.44. The highest BCUT2D eigenvalue weighted by atomic mass is 15.2. The van der Waals surface area contributed by atoms with Crippen molar-refractivity contribution >= 4 is 5.69 Å². The van der Waals surface area contributed by atoms with Crippen molar-refractivity contribution in [3.05, 3.63) is 29.3 Å². The molecule has 0 aromatic heterocycles. The third-order valence-corrected chi connectivity index (χ3v) is 3.85. The van der Waals surface area contributed by atoms with Crippen LogP contribution >= 0.6 is 0 Å². The second-order valence-corrected chi connectivity index (χ2v) is 5.49. The molecule has 0 fully saturated rings. The first kappa shape index (κ1) is 10.5. The highest BCUT2D eigenvalue weighted by molar-refractivity contribution is 5.63. The van der Waals surface area contributed by atoms with Crippen molar-refractivity contribution < 1.29 is 0 Å². The molecule has 1 heterocycles. The Hall–Kier alpha value is -0.980. The maximum atomic E-state index is 2.44. The van der Waals surface area contributed by atoms with E-state index in [0.29, 0.717) is 5.92 Å². The van der Waals surface area contributed by atoms with Crippen LogP contribution in [0, 0.1) is 6.92 Å². The van der Waals surface area contributed by atoms with Gasteiger partial charge in [-0.3, -0.25) is 0 Å². The molecule has 1 aliphatic rings. The van der Waals surface area contributed by atoms with Gasteiger partial charge in [-0.05, 0) is 44.2 Å². The quantitative estimate of drug-likeness (QED) is 0.621. The molecule has 0 saturated carbocycles. The van der Waals surface area contributed by atoms with Crippen LogP contribution < -0.4 is 4.90 Å². The van der Waals surface area contributed by atoms with E-state index in [4.69, 9.17) is 0 Å². The van der Waals surface area contributed by atoms with Crippen LogP contribution in [-0.2, 0) is 0 Å². The molecule has 0 radical (unpaired) electrons. The summed E-state index contributed by atoms with van der Waals surface area (Å²) in [5, 5.41) is 0. The van der Waals surface area contributed by atoms with Gasteiger partial charge in [0.15, 0.2) is 0 Å². The minimum Gasteiger partial charge on any atom is -0.369 e. The average Bonchev–Trinajstić information content (AvgIpc) is 2.14. The van der Waals surface area contributed by atoms with Gasteiger partial charge in [0, 0.05) is 18.3 Å². The Morgan fingerprint density at radius 1 is 1.33 bits per heavy atom. The van der Waals surface area contributed by atoms with Crippen LogP contribution in [0.25, 0.3) is 0 Å². The van der Waals surface area contributed by atoms with Gasteiger partial charge in [-0.1, -0.05) is 25.1 Å². The summed E-state index contributed by atoms with van der Waals surface area (Å²) in [6, 6.07) is 6.67. The zero-order valence-electron chi connectivity index (χ0n) is 10.5. The van der Waals surface area contributed by atoms with Crippen LogP contribution in [0.15, 0.2) is 18.2 Å². The molecule has 0 amide bonds. The van der Waals surface area contributed by atoms with E-state index in [9.17, 15) is 0 Å². The third-order valence-electron chi connectivity index (χ3n) is 3.85. The molecule has 0 N–H and O–H groups in total. The van der Waals surface area contributed by atoms with E-state index in [-0.39, 0.29) is 5.54 Å². The highest BCUT2D eigenvalue weighted by Crippen LogP contribution is 2.43. The van der Waals surface area contributed by atoms with Crippen molar-refractivity contribution in [2.75, 3.05) is 11.9 Å². The second-order valence-electron chi connectivity index (χ2n) is 5.49. The minimum absolute atomic E-state index is 0.276. The lowest BCUT2D eigenvalue weighted by Crippen LogP contribution is -2.46. The van der Waals surface area contributed by atoms with Gasteiger partial charge in [0.25, 0.3) is 0 Å². The molecule has 15 heavy (non-hydrogen) atoms. The normalized spacial score (nSPS) is 23.8. The number of para-hydroxylation sites is 1. The molecule has 1 heteroatoms.